The number of para-hydroxylation sites is 1. The molecule has 2 aliphatic rings. The lowest BCUT2D eigenvalue weighted by atomic mass is 9.90. The van der Waals surface area contributed by atoms with Gasteiger partial charge in [0, 0.05) is 25.2 Å². The lowest BCUT2D eigenvalue weighted by molar-refractivity contribution is 0.0267. The van der Waals surface area contributed by atoms with Gasteiger partial charge < -0.3 is 14.5 Å². The van der Waals surface area contributed by atoms with E-state index in [0.717, 1.165) is 75.6 Å². The zero-order chi connectivity index (χ0) is 23.9. The molecule has 0 radical (unpaired) electrons. The molecule has 2 aromatic rings. The monoisotopic (exact) mass is 462 g/mol. The molecule has 1 heterocycles. The van der Waals surface area contributed by atoms with Crippen LogP contribution in [0.25, 0.3) is 0 Å². The molecule has 34 heavy (non-hydrogen) atoms. The average molecular weight is 463 g/mol. The van der Waals surface area contributed by atoms with Gasteiger partial charge in [0.1, 0.15) is 11.9 Å². The van der Waals surface area contributed by atoms with Crippen molar-refractivity contribution in [2.45, 2.75) is 77.4 Å². The number of fused-ring (bicyclic) bond motifs is 2. The van der Waals surface area contributed by atoms with Gasteiger partial charge in [0.25, 0.3) is 11.8 Å². The highest BCUT2D eigenvalue weighted by Gasteiger charge is 2.35. The fourth-order valence-electron chi connectivity index (χ4n) is 5.27. The van der Waals surface area contributed by atoms with Crippen molar-refractivity contribution >= 4 is 11.8 Å². The quantitative estimate of drug-likeness (QED) is 0.561. The van der Waals surface area contributed by atoms with Crippen LogP contribution in [0.1, 0.15) is 84.6 Å². The Balaban J connectivity index is 1.67. The molecule has 0 saturated heterocycles. The first kappa shape index (κ1) is 24.3. The number of nitrogens with zero attached hydrogens (tertiary/aromatic N) is 2. The second-order valence-electron chi connectivity index (χ2n) is 9.67. The Kier molecular flexibility index (Phi) is 8.25. The first-order valence-corrected chi connectivity index (χ1v) is 13.0. The highest BCUT2D eigenvalue weighted by molar-refractivity contribution is 5.97. The Morgan fingerprint density at radius 2 is 1.62 bits per heavy atom. The molecule has 0 unspecified atom stereocenters. The van der Waals surface area contributed by atoms with Crippen molar-refractivity contribution in [3.63, 3.8) is 0 Å². The Labute approximate surface area is 204 Å². The van der Waals surface area contributed by atoms with E-state index >= 15 is 0 Å². The van der Waals surface area contributed by atoms with Crippen LogP contribution in [0.15, 0.2) is 48.5 Å². The van der Waals surface area contributed by atoms with Crippen molar-refractivity contribution in [3.8, 4) is 5.75 Å². The molecule has 1 fully saturated rings. The molecule has 2 aromatic carbocycles. The van der Waals surface area contributed by atoms with Crippen LogP contribution in [-0.4, -0.2) is 53.4 Å². The molecular weight excluding hydrogens is 424 g/mol. The summed E-state index contributed by atoms with van der Waals surface area (Å²) in [7, 11) is 0. The Morgan fingerprint density at radius 3 is 2.38 bits per heavy atom. The molecule has 1 aliphatic heterocycles. The zero-order valence-electron chi connectivity index (χ0n) is 20.7. The molecule has 5 nitrogen and oxygen atoms in total. The summed E-state index contributed by atoms with van der Waals surface area (Å²) in [5.41, 5.74) is 2.52. The minimum atomic E-state index is -0.116. The van der Waals surface area contributed by atoms with Crippen molar-refractivity contribution < 1.29 is 14.3 Å². The minimum absolute atomic E-state index is 0.0101. The second-order valence-corrected chi connectivity index (χ2v) is 9.67. The number of carbonyl (C=O) groups is 2. The molecular formula is C29H38N2O3. The van der Waals surface area contributed by atoms with Crippen LogP contribution in [0.4, 0.5) is 0 Å². The molecule has 2 atom stereocenters. The zero-order valence-corrected chi connectivity index (χ0v) is 20.7. The maximum atomic E-state index is 13.7. The third kappa shape index (κ3) is 5.63. The fraction of sp³-hybridized carbons (Fsp3) is 0.517. The molecule has 1 aliphatic carbocycles. The maximum Gasteiger partial charge on any atom is 0.257 e. The first-order valence-electron chi connectivity index (χ1n) is 13.0. The number of rotatable bonds is 2. The van der Waals surface area contributed by atoms with Crippen molar-refractivity contribution in [2.24, 2.45) is 0 Å². The van der Waals surface area contributed by atoms with Crippen LogP contribution < -0.4 is 4.74 Å². The Hall–Kier alpha value is -2.82. The van der Waals surface area contributed by atoms with Gasteiger partial charge in [-0.05, 0) is 70.2 Å². The molecule has 2 amide bonds. The minimum Gasteiger partial charge on any atom is -0.487 e. The van der Waals surface area contributed by atoms with Crippen LogP contribution in [0.5, 0.6) is 5.75 Å². The van der Waals surface area contributed by atoms with Gasteiger partial charge in [0.05, 0.1) is 11.6 Å². The van der Waals surface area contributed by atoms with Gasteiger partial charge in [-0.3, -0.25) is 9.59 Å². The van der Waals surface area contributed by atoms with E-state index in [0.29, 0.717) is 17.9 Å². The molecule has 4 rings (SSSR count). The lowest BCUT2D eigenvalue weighted by Crippen LogP contribution is -2.51. The summed E-state index contributed by atoms with van der Waals surface area (Å²) >= 11 is 0. The van der Waals surface area contributed by atoms with Crippen molar-refractivity contribution in [1.29, 1.82) is 0 Å². The number of hydrogen-bond acceptors (Lipinski definition) is 3. The van der Waals surface area contributed by atoms with Crippen molar-refractivity contribution in [1.82, 2.24) is 9.80 Å². The highest BCUT2D eigenvalue weighted by Crippen LogP contribution is 2.31. The fourth-order valence-corrected chi connectivity index (χ4v) is 5.27. The summed E-state index contributed by atoms with van der Waals surface area (Å²) in [5, 5.41) is 0. The largest absolute Gasteiger partial charge is 0.487 e. The Bertz CT molecular complexity index is 972. The highest BCUT2D eigenvalue weighted by atomic mass is 16.5. The van der Waals surface area contributed by atoms with Crippen LogP contribution in [-0.2, 0) is 0 Å². The van der Waals surface area contributed by atoms with Gasteiger partial charge >= 0.3 is 0 Å². The molecule has 1 saturated carbocycles. The molecule has 182 valence electrons. The third-order valence-corrected chi connectivity index (χ3v) is 7.27. The number of benzene rings is 2. The SMILES string of the molecule is CCN1CCCCCCN(C(=O)c2ccc(C)cc2)[C@@H]2CCCC[C@@H]2Oc2ccccc2C1=O. The normalized spacial score (nSPS) is 22.2. The predicted molar refractivity (Wildman–Crippen MR) is 135 cm³/mol. The van der Waals surface area contributed by atoms with E-state index < -0.39 is 0 Å². The number of carbonyl (C=O) groups excluding carboxylic acids is 2. The number of hydrogen-bond donors (Lipinski definition) is 0. The van der Waals surface area contributed by atoms with Crippen LogP contribution >= 0.6 is 0 Å². The maximum absolute atomic E-state index is 13.7. The smallest absolute Gasteiger partial charge is 0.257 e. The van der Waals surface area contributed by atoms with Gasteiger partial charge in [0.15, 0.2) is 0 Å². The first-order chi connectivity index (χ1) is 16.6. The summed E-state index contributed by atoms with van der Waals surface area (Å²) in [6.45, 7) is 6.27. The van der Waals surface area contributed by atoms with E-state index in [1.54, 1.807) is 0 Å². The van der Waals surface area contributed by atoms with E-state index in [-0.39, 0.29) is 24.0 Å². The average Bonchev–Trinajstić information content (AvgIpc) is 2.86. The molecule has 5 heteroatoms. The van der Waals surface area contributed by atoms with Gasteiger partial charge in [-0.15, -0.1) is 0 Å². The van der Waals surface area contributed by atoms with Crippen LogP contribution in [0.2, 0.25) is 0 Å². The van der Waals surface area contributed by atoms with Crippen molar-refractivity contribution in [3.05, 3.63) is 65.2 Å². The van der Waals surface area contributed by atoms with E-state index in [4.69, 9.17) is 4.74 Å². The topological polar surface area (TPSA) is 49.9 Å². The van der Waals surface area contributed by atoms with Crippen molar-refractivity contribution in [2.75, 3.05) is 19.6 Å². The summed E-state index contributed by atoms with van der Waals surface area (Å²) in [4.78, 5) is 31.1. The summed E-state index contributed by atoms with van der Waals surface area (Å²) in [6.07, 6.45) is 7.92. The predicted octanol–water partition coefficient (Wildman–Crippen LogP) is 5.86. The van der Waals surface area contributed by atoms with E-state index in [9.17, 15) is 9.59 Å². The molecule has 0 bridgehead atoms. The Morgan fingerprint density at radius 1 is 0.912 bits per heavy atom. The number of aryl methyl sites for hydroxylation is 1. The summed E-state index contributed by atoms with van der Waals surface area (Å²) in [6, 6.07) is 15.5. The number of amides is 2. The number of ether oxygens (including phenoxy) is 1. The molecule has 0 N–H and O–H groups in total. The van der Waals surface area contributed by atoms with E-state index in [2.05, 4.69) is 4.90 Å². The van der Waals surface area contributed by atoms with Gasteiger partial charge in [0.2, 0.25) is 0 Å². The van der Waals surface area contributed by atoms with Gasteiger partial charge in [-0.2, -0.15) is 0 Å². The van der Waals surface area contributed by atoms with Crippen LogP contribution in [0.3, 0.4) is 0 Å². The molecule has 0 aromatic heterocycles. The second kappa shape index (κ2) is 11.5. The summed E-state index contributed by atoms with van der Waals surface area (Å²) < 4.78 is 6.60. The van der Waals surface area contributed by atoms with Crippen LogP contribution in [0, 0.1) is 6.92 Å². The summed E-state index contributed by atoms with van der Waals surface area (Å²) in [5.74, 6) is 0.770. The van der Waals surface area contributed by atoms with Gasteiger partial charge in [-0.1, -0.05) is 49.1 Å². The van der Waals surface area contributed by atoms with E-state index in [1.807, 2.05) is 67.3 Å². The molecule has 0 spiro atoms. The van der Waals surface area contributed by atoms with E-state index in [1.165, 1.54) is 0 Å². The van der Waals surface area contributed by atoms with Gasteiger partial charge in [-0.25, -0.2) is 0 Å². The lowest BCUT2D eigenvalue weighted by Gasteiger charge is -2.40. The standard InChI is InChI=1S/C29H38N2O3/c1-3-30-20-10-4-5-11-21-31(28(32)23-18-16-22(2)17-19-23)25-13-7-9-15-27(25)34-26-14-8-6-12-24(26)29(30)33/h6,8,12,14,16-19,25,27H,3-5,7,9-11,13,15,20-21H2,1-2H3/t25-,27+/m1/s1. The third-order valence-electron chi connectivity index (χ3n) is 7.27.